The van der Waals surface area contributed by atoms with Gasteiger partial charge in [0.2, 0.25) is 0 Å². The van der Waals surface area contributed by atoms with E-state index in [-0.39, 0.29) is 0 Å². The molecule has 0 bridgehead atoms. The summed E-state index contributed by atoms with van der Waals surface area (Å²) in [5.41, 5.74) is 4.53. The molecule has 0 radical (unpaired) electrons. The van der Waals surface area contributed by atoms with E-state index in [2.05, 4.69) is 11.2 Å². The number of oxime groups is 1. The average Bonchev–Trinajstić information content (AvgIpc) is 2.91. The van der Waals surface area contributed by atoms with Gasteiger partial charge in [0.15, 0.2) is 11.5 Å². The summed E-state index contributed by atoms with van der Waals surface area (Å²) in [5.74, 6) is 1.30. The highest BCUT2D eigenvalue weighted by Gasteiger charge is 2.08. The van der Waals surface area contributed by atoms with Crippen LogP contribution in [-0.4, -0.2) is 6.21 Å². The quantitative estimate of drug-likeness (QED) is 0.212. The third kappa shape index (κ3) is 6.72. The van der Waals surface area contributed by atoms with Crippen LogP contribution in [0.2, 0.25) is 0 Å². The highest BCUT2D eigenvalue weighted by atomic mass is 16.6. The molecule has 0 aliphatic heterocycles. The van der Waals surface area contributed by atoms with E-state index in [1.54, 1.807) is 18.3 Å². The highest BCUT2D eigenvalue weighted by molar-refractivity contribution is 5.80. The Morgan fingerprint density at radius 1 is 0.647 bits per heavy atom. The van der Waals surface area contributed by atoms with Gasteiger partial charge in [-0.3, -0.25) is 0 Å². The van der Waals surface area contributed by atoms with Crippen LogP contribution in [0.15, 0.2) is 108 Å². The zero-order valence-corrected chi connectivity index (χ0v) is 18.6. The van der Waals surface area contributed by atoms with Crippen molar-refractivity contribution in [1.82, 2.24) is 0 Å². The molecule has 0 unspecified atom stereocenters. The zero-order valence-electron chi connectivity index (χ0n) is 18.6. The molecule has 0 fully saturated rings. The Balaban J connectivity index is 1.42. The van der Waals surface area contributed by atoms with Crippen molar-refractivity contribution in [2.75, 3.05) is 0 Å². The lowest BCUT2D eigenvalue weighted by Crippen LogP contribution is -2.01. The van der Waals surface area contributed by atoms with Crippen LogP contribution in [0, 0.1) is 11.3 Å². The third-order valence-corrected chi connectivity index (χ3v) is 5.03. The topological polar surface area (TPSA) is 63.8 Å². The van der Waals surface area contributed by atoms with E-state index in [0.717, 1.165) is 22.3 Å². The Kier molecular flexibility index (Phi) is 7.91. The van der Waals surface area contributed by atoms with E-state index in [1.165, 1.54) is 0 Å². The minimum absolute atomic E-state index is 0.317. The Morgan fingerprint density at radius 3 is 1.85 bits per heavy atom. The lowest BCUT2D eigenvalue weighted by Gasteiger charge is -2.14. The molecule has 4 aromatic rings. The molecule has 0 heterocycles. The molecule has 168 valence electrons. The van der Waals surface area contributed by atoms with E-state index >= 15 is 0 Å². The van der Waals surface area contributed by atoms with Crippen LogP contribution in [0.4, 0.5) is 0 Å². The molecule has 34 heavy (non-hydrogen) atoms. The van der Waals surface area contributed by atoms with Crippen LogP contribution in [0.3, 0.4) is 0 Å². The molecule has 0 amide bonds. The number of ether oxygens (including phenoxy) is 2. The summed E-state index contributed by atoms with van der Waals surface area (Å²) >= 11 is 0. The number of hydrogen-bond donors (Lipinski definition) is 0. The average molecular weight is 449 g/mol. The van der Waals surface area contributed by atoms with E-state index in [1.807, 2.05) is 91.0 Å². The highest BCUT2D eigenvalue weighted by Crippen LogP contribution is 2.29. The van der Waals surface area contributed by atoms with Crippen molar-refractivity contribution in [3.05, 3.63) is 131 Å². The standard InChI is InChI=1S/C29H24N2O3/c30-18-23-11-13-26(14-12-23)22-34-31-19-27-15-16-28(32-20-24-7-3-1-4-8-24)29(17-27)33-21-25-9-5-2-6-10-25/h1-17,19H,20-22H2. The summed E-state index contributed by atoms with van der Waals surface area (Å²) in [7, 11) is 0. The lowest BCUT2D eigenvalue weighted by atomic mass is 10.2. The summed E-state index contributed by atoms with van der Waals surface area (Å²) in [6, 6.07) is 35.0. The first-order valence-corrected chi connectivity index (χ1v) is 10.9. The van der Waals surface area contributed by atoms with Crippen molar-refractivity contribution in [2.45, 2.75) is 19.8 Å². The summed E-state index contributed by atoms with van der Waals surface area (Å²) in [6.45, 7) is 1.19. The molecule has 0 aliphatic rings. The fourth-order valence-electron chi connectivity index (χ4n) is 3.19. The second-order valence-corrected chi connectivity index (χ2v) is 7.57. The first-order valence-electron chi connectivity index (χ1n) is 10.9. The number of nitriles is 1. The van der Waals surface area contributed by atoms with Gasteiger partial charge in [0, 0.05) is 5.56 Å². The maximum absolute atomic E-state index is 8.88. The predicted octanol–water partition coefficient (Wildman–Crippen LogP) is 6.27. The fraction of sp³-hybridized carbons (Fsp3) is 0.103. The number of benzene rings is 4. The van der Waals surface area contributed by atoms with Crippen molar-refractivity contribution >= 4 is 6.21 Å². The van der Waals surface area contributed by atoms with Gasteiger partial charge in [0.05, 0.1) is 17.8 Å². The van der Waals surface area contributed by atoms with Crippen LogP contribution in [0.5, 0.6) is 11.5 Å². The van der Waals surface area contributed by atoms with Gasteiger partial charge in [-0.2, -0.15) is 5.26 Å². The molecule has 5 nitrogen and oxygen atoms in total. The van der Waals surface area contributed by atoms with Gasteiger partial charge in [-0.25, -0.2) is 0 Å². The molecular formula is C29H24N2O3. The molecule has 0 saturated heterocycles. The Bertz CT molecular complexity index is 1250. The molecule has 0 saturated carbocycles. The monoisotopic (exact) mass is 448 g/mol. The Hall–Kier alpha value is -4.56. The van der Waals surface area contributed by atoms with Gasteiger partial charge in [-0.15, -0.1) is 0 Å². The second-order valence-electron chi connectivity index (χ2n) is 7.57. The molecule has 0 aromatic heterocycles. The summed E-state index contributed by atoms with van der Waals surface area (Å²) in [6.07, 6.45) is 1.64. The number of rotatable bonds is 10. The molecular weight excluding hydrogens is 424 g/mol. The SMILES string of the molecule is N#Cc1ccc(CON=Cc2ccc(OCc3ccccc3)c(OCc3ccccc3)c2)cc1. The largest absolute Gasteiger partial charge is 0.485 e. The second kappa shape index (κ2) is 11.9. The van der Waals surface area contributed by atoms with Crippen LogP contribution in [0.1, 0.15) is 27.8 Å². The van der Waals surface area contributed by atoms with E-state index in [9.17, 15) is 0 Å². The summed E-state index contributed by atoms with van der Waals surface area (Å²) in [5, 5.41) is 13.0. The van der Waals surface area contributed by atoms with E-state index < -0.39 is 0 Å². The van der Waals surface area contributed by atoms with Gasteiger partial charge in [0.1, 0.15) is 19.8 Å². The van der Waals surface area contributed by atoms with Crippen LogP contribution in [-0.2, 0) is 24.7 Å². The minimum Gasteiger partial charge on any atom is -0.485 e. The zero-order chi connectivity index (χ0) is 23.4. The van der Waals surface area contributed by atoms with Crippen molar-refractivity contribution in [3.8, 4) is 17.6 Å². The summed E-state index contributed by atoms with van der Waals surface area (Å²) in [4.78, 5) is 5.42. The van der Waals surface area contributed by atoms with Crippen molar-refractivity contribution in [1.29, 1.82) is 5.26 Å². The smallest absolute Gasteiger partial charge is 0.162 e. The van der Waals surface area contributed by atoms with Crippen molar-refractivity contribution in [2.24, 2.45) is 5.16 Å². The van der Waals surface area contributed by atoms with Crippen LogP contribution in [0.25, 0.3) is 0 Å². The minimum atomic E-state index is 0.317. The van der Waals surface area contributed by atoms with Gasteiger partial charge < -0.3 is 14.3 Å². The van der Waals surface area contributed by atoms with E-state index in [0.29, 0.717) is 36.9 Å². The first-order chi connectivity index (χ1) is 16.8. The van der Waals surface area contributed by atoms with E-state index in [4.69, 9.17) is 19.6 Å². The van der Waals surface area contributed by atoms with Gasteiger partial charge in [0.25, 0.3) is 0 Å². The fourth-order valence-corrected chi connectivity index (χ4v) is 3.19. The lowest BCUT2D eigenvalue weighted by molar-refractivity contribution is 0.132. The van der Waals surface area contributed by atoms with Gasteiger partial charge >= 0.3 is 0 Å². The molecule has 4 rings (SSSR count). The molecule has 0 N–H and O–H groups in total. The summed E-state index contributed by atoms with van der Waals surface area (Å²) < 4.78 is 12.1. The molecule has 0 atom stereocenters. The van der Waals surface area contributed by atoms with Gasteiger partial charge in [-0.05, 0) is 47.0 Å². The Labute approximate surface area is 199 Å². The van der Waals surface area contributed by atoms with Crippen LogP contribution >= 0.6 is 0 Å². The predicted molar refractivity (Wildman–Crippen MR) is 132 cm³/mol. The maximum Gasteiger partial charge on any atom is 0.162 e. The Morgan fingerprint density at radius 2 is 1.24 bits per heavy atom. The molecule has 5 heteroatoms. The van der Waals surface area contributed by atoms with Crippen molar-refractivity contribution < 1.29 is 14.3 Å². The molecule has 0 spiro atoms. The first kappa shape index (κ1) is 22.6. The maximum atomic E-state index is 8.88. The normalized spacial score (nSPS) is 10.6. The third-order valence-electron chi connectivity index (χ3n) is 5.03. The number of hydrogen-bond acceptors (Lipinski definition) is 5. The molecule has 0 aliphatic carbocycles. The van der Waals surface area contributed by atoms with Crippen molar-refractivity contribution in [3.63, 3.8) is 0 Å². The van der Waals surface area contributed by atoms with Crippen LogP contribution < -0.4 is 9.47 Å². The van der Waals surface area contributed by atoms with Gasteiger partial charge in [-0.1, -0.05) is 78.0 Å². The molecule has 4 aromatic carbocycles. The number of nitrogens with zero attached hydrogens (tertiary/aromatic N) is 2.